The molecule has 3 heterocycles. The summed E-state index contributed by atoms with van der Waals surface area (Å²) in [7, 11) is 4.54. The number of cyclic esters (lactones) is 1. The van der Waals surface area contributed by atoms with Crippen LogP contribution < -0.4 is 38.5 Å². The first-order valence-electron chi connectivity index (χ1n) is 30.7. The lowest BCUT2D eigenvalue weighted by atomic mass is 9.82. The van der Waals surface area contributed by atoms with Crippen LogP contribution in [-0.2, 0) is 68.5 Å². The molecule has 0 aromatic heterocycles. The Morgan fingerprint density at radius 3 is 2.24 bits per heavy atom. The Balaban J connectivity index is 1.26. The number of piperidine rings is 1. The standard InChI is InChI=1S/C63H98N8O17/c1-11-15-42-27-36(4)26-37(5)28-50(83-9)55-51(84-10)30-39(7)63(81,88-55)56(74)59(77)71-25-13-12-17-45(71)60(78)87-54(53(65)47(73)32-46(42)72)38(6)29-41-20-23-48(49(31-41)82-8)86-34-68-62(80)85-33-40-18-21-43(22-19-40)69-57(75)44(16-14-24-67-61(66)79)70-58(76)52(64)35(2)3/h11,18-19,21-22,27,29,35,37,39,41-42,44-45,47-55,73,81H,1,12-17,20,23-26,28,30-34,64-65H2,2-10H3,(H,68,80)(H,69,75)(H,70,76)(H3,66,67,79)/b36-27+,38-29+/t37-,39+,41?,42+,44-,45-,47-,48+,49+,50-,51-,52-,53+,54+,55+,63+/m0/s1. The maximum atomic E-state index is 14.6. The van der Waals surface area contributed by atoms with E-state index < -0.39 is 126 Å². The van der Waals surface area contributed by atoms with Gasteiger partial charge in [-0.3, -0.25) is 29.3 Å². The molecule has 25 heteroatoms. The zero-order valence-corrected chi connectivity index (χ0v) is 52.7. The zero-order chi connectivity index (χ0) is 65.0. The number of ketones is 2. The number of nitrogens with two attached hydrogens (primary N) is 3. The number of hydrogen-bond donors (Lipinski definition) is 9. The number of anilines is 1. The Morgan fingerprint density at radius 2 is 1.59 bits per heavy atom. The molecule has 1 aromatic carbocycles. The molecule has 1 unspecified atom stereocenters. The van der Waals surface area contributed by atoms with Crippen molar-refractivity contribution in [3.8, 4) is 0 Å². The molecule has 5 rings (SSSR count). The van der Waals surface area contributed by atoms with Gasteiger partial charge in [-0.2, -0.15) is 0 Å². The number of primary amides is 1. The Morgan fingerprint density at radius 1 is 0.909 bits per heavy atom. The van der Waals surface area contributed by atoms with E-state index in [0.29, 0.717) is 68.2 Å². The van der Waals surface area contributed by atoms with Gasteiger partial charge in [0.2, 0.25) is 17.6 Å². The van der Waals surface area contributed by atoms with Crippen LogP contribution in [0.15, 0.2) is 60.2 Å². The minimum Gasteiger partial charge on any atom is -0.455 e. The van der Waals surface area contributed by atoms with E-state index >= 15 is 0 Å². The molecule has 16 atom stereocenters. The molecule has 25 nitrogen and oxygen atoms in total. The first kappa shape index (κ1) is 72.6. The number of carbonyl (C=O) groups is 8. The van der Waals surface area contributed by atoms with E-state index in [0.717, 1.165) is 10.5 Å². The summed E-state index contributed by atoms with van der Waals surface area (Å²) in [6.45, 7) is 14.5. The van der Waals surface area contributed by atoms with Gasteiger partial charge < -0.3 is 81.4 Å². The number of carbonyl (C=O) groups excluding carboxylic acids is 8. The van der Waals surface area contributed by atoms with Crippen LogP contribution in [0.5, 0.6) is 0 Å². The molecule has 4 aliphatic rings. The second-order valence-corrected chi connectivity index (χ2v) is 24.5. The van der Waals surface area contributed by atoms with E-state index in [1.165, 1.54) is 21.3 Å². The number of amides is 6. The van der Waals surface area contributed by atoms with E-state index in [1.54, 1.807) is 58.0 Å². The van der Waals surface area contributed by atoms with Crippen molar-refractivity contribution in [2.45, 2.75) is 204 Å². The van der Waals surface area contributed by atoms with Crippen LogP contribution in [0.3, 0.4) is 0 Å². The van der Waals surface area contributed by atoms with Crippen LogP contribution in [0.4, 0.5) is 15.3 Å². The average molecular weight is 1240 g/mol. The fourth-order valence-electron chi connectivity index (χ4n) is 12.1. The van der Waals surface area contributed by atoms with Gasteiger partial charge in [-0.15, -0.1) is 6.58 Å². The topological polar surface area (TPSA) is 371 Å². The molecule has 1 aromatic rings. The minimum atomic E-state index is -2.59. The predicted molar refractivity (Wildman–Crippen MR) is 325 cm³/mol. The van der Waals surface area contributed by atoms with Crippen molar-refractivity contribution in [2.24, 2.45) is 46.8 Å². The van der Waals surface area contributed by atoms with Crippen LogP contribution in [0.1, 0.15) is 131 Å². The van der Waals surface area contributed by atoms with Crippen molar-refractivity contribution in [3.05, 3.63) is 65.8 Å². The van der Waals surface area contributed by atoms with Gasteiger partial charge in [-0.25, -0.2) is 14.4 Å². The highest BCUT2D eigenvalue weighted by Crippen LogP contribution is 2.39. The van der Waals surface area contributed by atoms with Gasteiger partial charge in [-0.05, 0) is 132 Å². The van der Waals surface area contributed by atoms with Gasteiger partial charge in [-0.1, -0.05) is 63.6 Å². The molecule has 2 bridgehead atoms. The van der Waals surface area contributed by atoms with Crippen LogP contribution in [0.25, 0.3) is 0 Å². The Kier molecular flexibility index (Phi) is 28.6. The summed E-state index contributed by atoms with van der Waals surface area (Å²) >= 11 is 0. The van der Waals surface area contributed by atoms with E-state index in [-0.39, 0.29) is 82.1 Å². The van der Waals surface area contributed by atoms with Crippen LogP contribution in [0, 0.1) is 29.6 Å². The number of aliphatic hydroxyl groups is 2. The SMILES string of the molecule is C=CC[C@@H]1/C=C(\C)C[C@H](C)C[C@H](OC)[C@H]2O[C@@](O)(C(=O)C(=O)N3CCCC[C@H]3C(=O)O[C@H](/C(C)=C/C3CC[C@@H](OCNC(=O)OCc4ccc(NC(=O)[C@H](CCCNC(N)=O)NC(=O)[C@@H](N)C(C)C)cc4)[C@H](OC)C3)[C@H](N)[C@@H](O)CC1=O)[C@H](C)C[C@@H]2OC. The number of ether oxygens (including phenoxy) is 7. The maximum Gasteiger partial charge on any atom is 0.409 e. The predicted octanol–water partition coefficient (Wildman–Crippen LogP) is 4.09. The summed E-state index contributed by atoms with van der Waals surface area (Å²) in [5, 5.41) is 34.6. The third-order valence-corrected chi connectivity index (χ3v) is 17.3. The summed E-state index contributed by atoms with van der Waals surface area (Å²) in [5.41, 5.74) is 20.4. The van der Waals surface area contributed by atoms with Gasteiger partial charge in [0.1, 0.15) is 43.4 Å². The fraction of sp³-hybridized carbons (Fsp3) is 0.683. The van der Waals surface area contributed by atoms with E-state index in [4.69, 9.17) is 50.4 Å². The van der Waals surface area contributed by atoms with Gasteiger partial charge in [0.15, 0.2) is 0 Å². The second-order valence-electron chi connectivity index (χ2n) is 24.5. The number of esters is 1. The molecule has 1 saturated carbocycles. The molecule has 492 valence electrons. The molecule has 6 amide bonds. The lowest BCUT2D eigenvalue weighted by molar-refractivity contribution is -0.302. The van der Waals surface area contributed by atoms with Crippen molar-refractivity contribution in [3.63, 3.8) is 0 Å². The van der Waals surface area contributed by atoms with E-state index in [9.17, 15) is 48.6 Å². The number of fused-ring (bicyclic) bond motifs is 3. The number of rotatable bonds is 21. The smallest absolute Gasteiger partial charge is 0.409 e. The summed E-state index contributed by atoms with van der Waals surface area (Å²) in [6, 6.07) is 1.44. The molecule has 0 spiro atoms. The highest BCUT2D eigenvalue weighted by molar-refractivity contribution is 6.39. The molecule has 0 radical (unpaired) electrons. The summed E-state index contributed by atoms with van der Waals surface area (Å²) < 4.78 is 41.7. The monoisotopic (exact) mass is 1240 g/mol. The number of urea groups is 1. The Labute approximate surface area is 517 Å². The van der Waals surface area contributed by atoms with Crippen molar-refractivity contribution in [1.29, 1.82) is 0 Å². The fourth-order valence-corrected chi connectivity index (χ4v) is 12.1. The number of aliphatic hydroxyl groups excluding tert-OH is 1. The third kappa shape index (κ3) is 20.4. The molecule has 88 heavy (non-hydrogen) atoms. The van der Waals surface area contributed by atoms with Crippen molar-refractivity contribution < 1.29 is 81.7 Å². The third-order valence-electron chi connectivity index (χ3n) is 17.3. The number of Topliss-reactive ketones (excluding diaryl/α,β-unsaturated/α-hetero) is 2. The maximum absolute atomic E-state index is 14.6. The van der Waals surface area contributed by atoms with Crippen LogP contribution >= 0.6 is 0 Å². The molecular weight excluding hydrogens is 1140 g/mol. The number of benzene rings is 1. The molecular formula is C63H98N8O17. The number of alkyl carbamates (subject to hydrolysis) is 1. The second kappa shape index (κ2) is 34.7. The number of methoxy groups -OCH3 is 3. The van der Waals surface area contributed by atoms with Gasteiger partial charge in [0, 0.05) is 58.4 Å². The zero-order valence-electron chi connectivity index (χ0n) is 52.7. The summed E-state index contributed by atoms with van der Waals surface area (Å²) in [4.78, 5) is 109. The van der Waals surface area contributed by atoms with Crippen molar-refractivity contribution in [2.75, 3.05) is 46.5 Å². The van der Waals surface area contributed by atoms with E-state index in [1.807, 2.05) is 26.0 Å². The van der Waals surface area contributed by atoms with Gasteiger partial charge in [0.25, 0.3) is 11.7 Å². The van der Waals surface area contributed by atoms with Crippen LogP contribution in [-0.4, -0.2) is 176 Å². The first-order chi connectivity index (χ1) is 41.7. The molecule has 1 aliphatic carbocycles. The van der Waals surface area contributed by atoms with Crippen LogP contribution in [0.2, 0.25) is 0 Å². The first-order valence-corrected chi connectivity index (χ1v) is 30.7. The average Bonchev–Trinajstić information content (AvgIpc) is 1.25. The number of nitrogens with one attached hydrogen (secondary N) is 4. The van der Waals surface area contributed by atoms with E-state index in [2.05, 4.69) is 27.8 Å². The summed E-state index contributed by atoms with van der Waals surface area (Å²) in [6.07, 6.45) is 2.71. The minimum absolute atomic E-state index is 0.000577. The molecule has 3 aliphatic heterocycles. The Bertz CT molecular complexity index is 2600. The quantitative estimate of drug-likeness (QED) is 0.0275. The van der Waals surface area contributed by atoms with Gasteiger partial charge in [0.05, 0.1) is 42.6 Å². The summed E-state index contributed by atoms with van der Waals surface area (Å²) in [5.74, 6) is -9.10. The van der Waals surface area contributed by atoms with Crippen molar-refractivity contribution in [1.82, 2.24) is 20.9 Å². The van der Waals surface area contributed by atoms with Crippen molar-refractivity contribution >= 4 is 53.1 Å². The molecule has 2 saturated heterocycles. The molecule has 12 N–H and O–H groups in total. The lowest BCUT2D eigenvalue weighted by Gasteiger charge is -2.47. The number of hydrogen-bond acceptors (Lipinski definition) is 19. The van der Waals surface area contributed by atoms with Gasteiger partial charge >= 0.3 is 18.1 Å². The molecule has 3 fully saturated rings. The normalized spacial score (nSPS) is 31.1. The highest BCUT2D eigenvalue weighted by atomic mass is 16.7. The number of nitrogens with zero attached hydrogens (tertiary/aromatic N) is 1. The lowest BCUT2D eigenvalue weighted by Crippen LogP contribution is -2.64. The largest absolute Gasteiger partial charge is 0.455 e. The highest BCUT2D eigenvalue weighted by Gasteiger charge is 2.57. The Hall–Kier alpha value is -6.16. The number of allylic oxidation sites excluding steroid dienone is 4.